The smallest absolute Gasteiger partial charge is 0.135 e. The quantitative estimate of drug-likeness (QED) is 0.849. The van der Waals surface area contributed by atoms with E-state index in [4.69, 9.17) is 0 Å². The van der Waals surface area contributed by atoms with Crippen LogP contribution in [0.2, 0.25) is 0 Å². The molecule has 1 unspecified atom stereocenters. The first-order valence-electron chi connectivity index (χ1n) is 7.39. The van der Waals surface area contributed by atoms with Crippen molar-refractivity contribution in [1.29, 1.82) is 0 Å². The van der Waals surface area contributed by atoms with E-state index < -0.39 is 0 Å². The Hall–Kier alpha value is -2.17. The number of nitrogens with zero attached hydrogens (tertiary/aromatic N) is 3. The minimum atomic E-state index is 0.164. The third-order valence-electron chi connectivity index (χ3n) is 3.19. The second-order valence-electron chi connectivity index (χ2n) is 5.33. The summed E-state index contributed by atoms with van der Waals surface area (Å²) in [7, 11) is 0. The van der Waals surface area contributed by atoms with E-state index >= 15 is 0 Å². The van der Waals surface area contributed by atoms with Crippen molar-refractivity contribution in [1.82, 2.24) is 15.0 Å². The summed E-state index contributed by atoms with van der Waals surface area (Å²) < 4.78 is 0. The fraction of sp³-hybridized carbons (Fsp3) is 0.438. The minimum absolute atomic E-state index is 0.164. The summed E-state index contributed by atoms with van der Waals surface area (Å²) in [5.41, 5.74) is 1.18. The van der Waals surface area contributed by atoms with Gasteiger partial charge in [0.1, 0.15) is 17.5 Å². The topological polar surface area (TPSA) is 62.7 Å². The highest BCUT2D eigenvalue weighted by Gasteiger charge is 2.10. The molecule has 5 nitrogen and oxygen atoms in total. The van der Waals surface area contributed by atoms with Crippen LogP contribution in [0.1, 0.15) is 51.0 Å². The monoisotopic (exact) mass is 285 g/mol. The molecule has 2 aromatic rings. The van der Waals surface area contributed by atoms with Crippen molar-refractivity contribution in [3.05, 3.63) is 42.0 Å². The van der Waals surface area contributed by atoms with Gasteiger partial charge in [-0.15, -0.1) is 0 Å². The Bertz CT molecular complexity index is 568. The highest BCUT2D eigenvalue weighted by atomic mass is 15.1. The molecule has 0 aliphatic carbocycles. The molecule has 0 saturated heterocycles. The fourth-order valence-electron chi connectivity index (χ4n) is 2.03. The zero-order valence-electron chi connectivity index (χ0n) is 13.1. The average molecular weight is 285 g/mol. The van der Waals surface area contributed by atoms with Crippen molar-refractivity contribution in [2.45, 2.75) is 39.7 Å². The third kappa shape index (κ3) is 4.15. The SMILES string of the molecule is CCNc1cc(NC(C)c2ccncc2)nc(C(C)C)n1. The molecule has 0 aliphatic rings. The van der Waals surface area contributed by atoms with Crippen LogP contribution in [0.25, 0.3) is 0 Å². The molecule has 0 radical (unpaired) electrons. The molecule has 1 atom stereocenters. The maximum absolute atomic E-state index is 4.60. The van der Waals surface area contributed by atoms with E-state index in [1.54, 1.807) is 12.4 Å². The molecule has 0 spiro atoms. The second kappa shape index (κ2) is 7.02. The van der Waals surface area contributed by atoms with Crippen molar-refractivity contribution in [3.63, 3.8) is 0 Å². The number of rotatable bonds is 6. The van der Waals surface area contributed by atoms with E-state index in [9.17, 15) is 0 Å². The van der Waals surface area contributed by atoms with E-state index in [-0.39, 0.29) is 6.04 Å². The first kappa shape index (κ1) is 15.2. The maximum atomic E-state index is 4.60. The lowest BCUT2D eigenvalue weighted by atomic mass is 10.1. The summed E-state index contributed by atoms with van der Waals surface area (Å²) in [6, 6.07) is 6.13. The maximum Gasteiger partial charge on any atom is 0.135 e. The van der Waals surface area contributed by atoms with Crippen molar-refractivity contribution in [2.75, 3.05) is 17.2 Å². The van der Waals surface area contributed by atoms with E-state index in [1.165, 1.54) is 5.56 Å². The van der Waals surface area contributed by atoms with Crippen LogP contribution < -0.4 is 10.6 Å². The molecule has 0 aliphatic heterocycles. The number of hydrogen-bond acceptors (Lipinski definition) is 5. The van der Waals surface area contributed by atoms with Crippen LogP contribution in [0.5, 0.6) is 0 Å². The van der Waals surface area contributed by atoms with Gasteiger partial charge in [0.15, 0.2) is 0 Å². The average Bonchev–Trinajstić information content (AvgIpc) is 2.48. The molecular formula is C16H23N5. The molecule has 2 aromatic heterocycles. The first-order chi connectivity index (χ1) is 10.1. The Morgan fingerprint density at radius 3 is 2.33 bits per heavy atom. The molecule has 5 heteroatoms. The van der Waals surface area contributed by atoms with Crippen molar-refractivity contribution in [3.8, 4) is 0 Å². The third-order valence-corrected chi connectivity index (χ3v) is 3.19. The normalized spacial score (nSPS) is 12.2. The Balaban J connectivity index is 2.22. The van der Waals surface area contributed by atoms with Gasteiger partial charge in [0.25, 0.3) is 0 Å². The van der Waals surface area contributed by atoms with Crippen molar-refractivity contribution in [2.24, 2.45) is 0 Å². The molecule has 0 amide bonds. The molecule has 2 heterocycles. The van der Waals surface area contributed by atoms with Gasteiger partial charge in [0, 0.05) is 30.9 Å². The summed E-state index contributed by atoms with van der Waals surface area (Å²) in [5, 5.41) is 6.69. The van der Waals surface area contributed by atoms with Gasteiger partial charge in [-0.2, -0.15) is 0 Å². The lowest BCUT2D eigenvalue weighted by molar-refractivity contribution is 0.769. The van der Waals surface area contributed by atoms with Crippen molar-refractivity contribution < 1.29 is 0 Å². The number of aromatic nitrogens is 3. The minimum Gasteiger partial charge on any atom is -0.370 e. The Kier molecular flexibility index (Phi) is 5.09. The van der Waals surface area contributed by atoms with Crippen LogP contribution in [0.15, 0.2) is 30.6 Å². The van der Waals surface area contributed by atoms with Crippen LogP contribution in [-0.2, 0) is 0 Å². The van der Waals surface area contributed by atoms with Gasteiger partial charge in [-0.3, -0.25) is 4.98 Å². The molecule has 0 aromatic carbocycles. The molecular weight excluding hydrogens is 262 g/mol. The Morgan fingerprint density at radius 1 is 1.05 bits per heavy atom. The van der Waals surface area contributed by atoms with Crippen LogP contribution in [0.4, 0.5) is 11.6 Å². The molecule has 0 fully saturated rings. The molecule has 21 heavy (non-hydrogen) atoms. The Labute approximate surface area is 126 Å². The summed E-state index contributed by atoms with van der Waals surface area (Å²) in [6.45, 7) is 9.21. The highest BCUT2D eigenvalue weighted by molar-refractivity contribution is 5.49. The van der Waals surface area contributed by atoms with E-state index in [2.05, 4.69) is 53.3 Å². The molecule has 2 rings (SSSR count). The number of pyridine rings is 1. The van der Waals surface area contributed by atoms with Crippen LogP contribution >= 0.6 is 0 Å². The van der Waals surface area contributed by atoms with Crippen molar-refractivity contribution >= 4 is 11.6 Å². The fourth-order valence-corrected chi connectivity index (χ4v) is 2.03. The molecule has 112 valence electrons. The Morgan fingerprint density at radius 2 is 1.71 bits per heavy atom. The summed E-state index contributed by atoms with van der Waals surface area (Å²) >= 11 is 0. The van der Waals surface area contributed by atoms with Crippen LogP contribution in [-0.4, -0.2) is 21.5 Å². The standard InChI is InChI=1S/C16H23N5/c1-5-18-14-10-15(21-16(20-14)11(2)3)19-12(4)13-6-8-17-9-7-13/h6-12H,5H2,1-4H3,(H2,18,19,20,21). The second-order valence-corrected chi connectivity index (χ2v) is 5.33. The van der Waals surface area contributed by atoms with Crippen LogP contribution in [0.3, 0.4) is 0 Å². The number of hydrogen-bond donors (Lipinski definition) is 2. The van der Waals surface area contributed by atoms with E-state index in [0.717, 1.165) is 24.0 Å². The van der Waals surface area contributed by atoms with Gasteiger partial charge < -0.3 is 10.6 Å². The lowest BCUT2D eigenvalue weighted by Gasteiger charge is -2.17. The molecule has 0 bridgehead atoms. The largest absolute Gasteiger partial charge is 0.370 e. The predicted molar refractivity (Wildman–Crippen MR) is 86.6 cm³/mol. The number of nitrogens with one attached hydrogen (secondary N) is 2. The van der Waals surface area contributed by atoms with E-state index in [0.29, 0.717) is 5.92 Å². The van der Waals surface area contributed by atoms with Gasteiger partial charge in [-0.25, -0.2) is 9.97 Å². The van der Waals surface area contributed by atoms with E-state index in [1.807, 2.05) is 18.2 Å². The van der Waals surface area contributed by atoms with Crippen LogP contribution in [0, 0.1) is 0 Å². The van der Waals surface area contributed by atoms with Gasteiger partial charge in [-0.1, -0.05) is 13.8 Å². The zero-order valence-corrected chi connectivity index (χ0v) is 13.1. The summed E-state index contributed by atoms with van der Waals surface area (Å²) in [4.78, 5) is 13.2. The van der Waals surface area contributed by atoms with Gasteiger partial charge >= 0.3 is 0 Å². The van der Waals surface area contributed by atoms with Gasteiger partial charge in [0.2, 0.25) is 0 Å². The molecule has 2 N–H and O–H groups in total. The molecule has 0 saturated carbocycles. The predicted octanol–water partition coefficient (Wildman–Crippen LogP) is 3.60. The summed E-state index contributed by atoms with van der Waals surface area (Å²) in [5.74, 6) is 2.84. The summed E-state index contributed by atoms with van der Waals surface area (Å²) in [6.07, 6.45) is 3.61. The first-order valence-corrected chi connectivity index (χ1v) is 7.39. The highest BCUT2D eigenvalue weighted by Crippen LogP contribution is 2.21. The lowest BCUT2D eigenvalue weighted by Crippen LogP contribution is -2.12. The van der Waals surface area contributed by atoms with Gasteiger partial charge in [-0.05, 0) is 31.5 Å². The number of anilines is 2. The van der Waals surface area contributed by atoms with Gasteiger partial charge in [0.05, 0.1) is 6.04 Å². The zero-order chi connectivity index (χ0) is 15.2.